The minimum Gasteiger partial charge on any atom is -0.383 e. The van der Waals surface area contributed by atoms with Crippen LogP contribution in [0.15, 0.2) is 72.0 Å². The van der Waals surface area contributed by atoms with Gasteiger partial charge in [0.15, 0.2) is 0 Å². The molecule has 0 saturated carbocycles. The van der Waals surface area contributed by atoms with Crippen molar-refractivity contribution in [1.29, 1.82) is 0 Å². The molecule has 4 rings (SSSR count). The highest BCUT2D eigenvalue weighted by atomic mass is 16.5. The molecule has 2 aromatic heterocycles. The number of amides is 1. The molecule has 0 atom stereocenters. The molecule has 8 heteroatoms. The number of aromatic nitrogens is 4. The van der Waals surface area contributed by atoms with Crippen LogP contribution in [0.25, 0.3) is 10.8 Å². The van der Waals surface area contributed by atoms with Gasteiger partial charge in [0.25, 0.3) is 11.5 Å². The second-order valence-corrected chi connectivity index (χ2v) is 7.13. The number of hydrogen-bond acceptors (Lipinski definition) is 5. The van der Waals surface area contributed by atoms with Crippen molar-refractivity contribution in [3.8, 4) is 0 Å². The zero-order valence-electron chi connectivity index (χ0n) is 17.2. The fourth-order valence-electron chi connectivity index (χ4n) is 3.38. The molecule has 0 unspecified atom stereocenters. The van der Waals surface area contributed by atoms with E-state index in [9.17, 15) is 9.59 Å². The van der Waals surface area contributed by atoms with Gasteiger partial charge in [-0.25, -0.2) is 9.67 Å². The maximum absolute atomic E-state index is 12.7. The van der Waals surface area contributed by atoms with Gasteiger partial charge in [-0.3, -0.25) is 9.59 Å². The summed E-state index contributed by atoms with van der Waals surface area (Å²) in [6.45, 7) is 1.63. The van der Waals surface area contributed by atoms with Crippen LogP contribution in [0.4, 0.5) is 0 Å². The largest absolute Gasteiger partial charge is 0.383 e. The summed E-state index contributed by atoms with van der Waals surface area (Å²) in [5.41, 5.74) is 2.10. The van der Waals surface area contributed by atoms with Crippen LogP contribution in [0.2, 0.25) is 0 Å². The Bertz CT molecular complexity index is 1230. The second kappa shape index (κ2) is 9.36. The van der Waals surface area contributed by atoms with Crippen molar-refractivity contribution < 1.29 is 9.53 Å². The van der Waals surface area contributed by atoms with Crippen LogP contribution < -0.4 is 10.9 Å². The normalized spacial score (nSPS) is 11.0. The van der Waals surface area contributed by atoms with Crippen molar-refractivity contribution in [2.75, 3.05) is 13.7 Å². The number of hydrogen-bond donors (Lipinski definition) is 1. The first-order chi connectivity index (χ1) is 15.2. The summed E-state index contributed by atoms with van der Waals surface area (Å²) < 4.78 is 8.43. The van der Waals surface area contributed by atoms with Gasteiger partial charge >= 0.3 is 0 Å². The predicted octanol–water partition coefficient (Wildman–Crippen LogP) is 2.22. The molecule has 0 fully saturated rings. The van der Waals surface area contributed by atoms with Gasteiger partial charge in [0, 0.05) is 37.0 Å². The molecule has 0 aliphatic carbocycles. The summed E-state index contributed by atoms with van der Waals surface area (Å²) in [4.78, 5) is 29.3. The number of imidazole rings is 1. The van der Waals surface area contributed by atoms with E-state index >= 15 is 0 Å². The maximum atomic E-state index is 12.7. The quantitative estimate of drug-likeness (QED) is 0.475. The van der Waals surface area contributed by atoms with Crippen LogP contribution in [-0.4, -0.2) is 39.0 Å². The van der Waals surface area contributed by atoms with Gasteiger partial charge in [0.05, 0.1) is 37.1 Å². The van der Waals surface area contributed by atoms with E-state index in [0.717, 1.165) is 10.9 Å². The molecule has 0 radical (unpaired) electrons. The first kappa shape index (κ1) is 20.5. The average Bonchev–Trinajstić information content (AvgIpc) is 3.31. The van der Waals surface area contributed by atoms with Gasteiger partial charge in [-0.1, -0.05) is 30.3 Å². The molecule has 2 heterocycles. The van der Waals surface area contributed by atoms with E-state index in [0.29, 0.717) is 36.3 Å². The third kappa shape index (κ3) is 4.70. The highest BCUT2D eigenvalue weighted by Gasteiger charge is 2.12. The van der Waals surface area contributed by atoms with E-state index in [1.165, 1.54) is 4.68 Å². The van der Waals surface area contributed by atoms with Gasteiger partial charge in [0.2, 0.25) is 0 Å². The smallest absolute Gasteiger partial charge is 0.274 e. The molecule has 1 N–H and O–H groups in total. The Morgan fingerprint density at radius 3 is 2.58 bits per heavy atom. The lowest BCUT2D eigenvalue weighted by molar-refractivity contribution is 0.0950. The molecule has 0 bridgehead atoms. The van der Waals surface area contributed by atoms with E-state index in [4.69, 9.17) is 4.74 Å². The van der Waals surface area contributed by atoms with Crippen LogP contribution in [0, 0.1) is 0 Å². The standard InChI is InChI=1S/C23H23N5O3/c1-31-13-12-28-23(30)20-5-3-2-4-19(20)21(26-28)14-25-22(29)18-8-6-17(7-9-18)15-27-11-10-24-16-27/h2-11,16H,12-15H2,1H3,(H,25,29). The molecule has 0 saturated heterocycles. The van der Waals surface area contributed by atoms with E-state index in [1.807, 2.05) is 41.1 Å². The number of fused-ring (bicyclic) bond motifs is 1. The van der Waals surface area contributed by atoms with Crippen LogP contribution in [0.5, 0.6) is 0 Å². The molecule has 8 nitrogen and oxygen atoms in total. The van der Waals surface area contributed by atoms with Crippen LogP contribution in [0.1, 0.15) is 21.6 Å². The Hall–Kier alpha value is -3.78. The number of benzene rings is 2. The average molecular weight is 417 g/mol. The minimum atomic E-state index is -0.199. The van der Waals surface area contributed by atoms with E-state index in [2.05, 4.69) is 15.4 Å². The molecule has 0 aliphatic heterocycles. The topological polar surface area (TPSA) is 91.0 Å². The molecule has 158 valence electrons. The summed E-state index contributed by atoms with van der Waals surface area (Å²) in [5, 5.41) is 8.68. The van der Waals surface area contributed by atoms with Gasteiger partial charge in [0.1, 0.15) is 0 Å². The highest BCUT2D eigenvalue weighted by molar-refractivity contribution is 5.94. The Kier molecular flexibility index (Phi) is 6.18. The zero-order valence-corrected chi connectivity index (χ0v) is 17.2. The van der Waals surface area contributed by atoms with E-state index < -0.39 is 0 Å². The number of rotatable bonds is 8. The molecular formula is C23H23N5O3. The van der Waals surface area contributed by atoms with Crippen molar-refractivity contribution in [3.05, 3.63) is 94.4 Å². The molecule has 1 amide bonds. The summed E-state index contributed by atoms with van der Waals surface area (Å²) in [7, 11) is 1.58. The van der Waals surface area contributed by atoms with Gasteiger partial charge in [-0.05, 0) is 23.8 Å². The lowest BCUT2D eigenvalue weighted by Crippen LogP contribution is -2.29. The zero-order chi connectivity index (χ0) is 21.6. The monoisotopic (exact) mass is 417 g/mol. The number of nitrogens with zero attached hydrogens (tertiary/aromatic N) is 4. The van der Waals surface area contributed by atoms with Gasteiger partial charge in [-0.15, -0.1) is 0 Å². The fraction of sp³-hybridized carbons (Fsp3) is 0.217. The van der Waals surface area contributed by atoms with Crippen molar-refractivity contribution in [3.63, 3.8) is 0 Å². The summed E-state index contributed by atoms with van der Waals surface area (Å²) in [6, 6.07) is 14.7. The van der Waals surface area contributed by atoms with Gasteiger partial charge < -0.3 is 14.6 Å². The SMILES string of the molecule is COCCn1nc(CNC(=O)c2ccc(Cn3ccnc3)cc2)c2ccccc2c1=O. The van der Waals surface area contributed by atoms with Crippen molar-refractivity contribution in [1.82, 2.24) is 24.6 Å². The molecular weight excluding hydrogens is 394 g/mol. The van der Waals surface area contributed by atoms with Crippen LogP contribution in [0.3, 0.4) is 0 Å². The third-order valence-electron chi connectivity index (χ3n) is 5.01. The van der Waals surface area contributed by atoms with E-state index in [1.54, 1.807) is 37.8 Å². The third-order valence-corrected chi connectivity index (χ3v) is 5.01. The van der Waals surface area contributed by atoms with E-state index in [-0.39, 0.29) is 18.0 Å². The molecule has 0 aliphatic rings. The van der Waals surface area contributed by atoms with Crippen LogP contribution >= 0.6 is 0 Å². The predicted molar refractivity (Wildman–Crippen MR) is 117 cm³/mol. The summed E-state index contributed by atoms with van der Waals surface area (Å²) in [5.74, 6) is -0.199. The number of nitrogens with one attached hydrogen (secondary N) is 1. The molecule has 31 heavy (non-hydrogen) atoms. The van der Waals surface area contributed by atoms with Crippen molar-refractivity contribution in [2.24, 2.45) is 0 Å². The second-order valence-electron chi connectivity index (χ2n) is 7.13. The van der Waals surface area contributed by atoms with Crippen LogP contribution in [-0.2, 0) is 24.4 Å². The molecule has 0 spiro atoms. The number of methoxy groups -OCH3 is 1. The first-order valence-corrected chi connectivity index (χ1v) is 9.96. The number of ether oxygens (including phenoxy) is 1. The Balaban J connectivity index is 1.50. The highest BCUT2D eigenvalue weighted by Crippen LogP contribution is 2.14. The minimum absolute atomic E-state index is 0.170. The van der Waals surface area contributed by atoms with Gasteiger partial charge in [-0.2, -0.15) is 5.10 Å². The number of carbonyl (C=O) groups is 1. The molecule has 2 aromatic carbocycles. The summed E-state index contributed by atoms with van der Waals surface area (Å²) >= 11 is 0. The Morgan fingerprint density at radius 2 is 1.87 bits per heavy atom. The molecule has 4 aromatic rings. The maximum Gasteiger partial charge on any atom is 0.274 e. The lowest BCUT2D eigenvalue weighted by atomic mass is 10.1. The Labute approximate surface area is 179 Å². The number of carbonyl (C=O) groups excluding carboxylic acids is 1. The van der Waals surface area contributed by atoms with Crippen molar-refractivity contribution in [2.45, 2.75) is 19.6 Å². The van der Waals surface area contributed by atoms with Crippen molar-refractivity contribution >= 4 is 16.7 Å². The lowest BCUT2D eigenvalue weighted by Gasteiger charge is -2.12. The summed E-state index contributed by atoms with van der Waals surface area (Å²) in [6.07, 6.45) is 5.38. The Morgan fingerprint density at radius 1 is 1.10 bits per heavy atom. The fourth-order valence-corrected chi connectivity index (χ4v) is 3.38. The first-order valence-electron chi connectivity index (χ1n) is 9.96.